The minimum Gasteiger partial charge on any atom is -0.310 e. The standard InChI is InChI=1S/C17H27N3O/c1-4-6-7-13(5-2)11-18-12(3)14-8-9-15-16(10-14)20-17(21)19-15/h8-10,12-13,18H,4-7,11H2,1-3H3,(H2,19,20,21). The zero-order chi connectivity index (χ0) is 15.2. The molecule has 1 heterocycles. The van der Waals surface area contributed by atoms with Crippen molar-refractivity contribution in [3.63, 3.8) is 0 Å². The maximum atomic E-state index is 11.3. The van der Waals surface area contributed by atoms with Crippen molar-refractivity contribution >= 4 is 11.0 Å². The van der Waals surface area contributed by atoms with Gasteiger partial charge in [0, 0.05) is 6.04 Å². The van der Waals surface area contributed by atoms with Crippen molar-refractivity contribution in [1.29, 1.82) is 0 Å². The Hall–Kier alpha value is -1.55. The summed E-state index contributed by atoms with van der Waals surface area (Å²) >= 11 is 0. The Morgan fingerprint density at radius 2 is 1.95 bits per heavy atom. The van der Waals surface area contributed by atoms with E-state index in [-0.39, 0.29) is 5.69 Å². The number of rotatable bonds is 8. The monoisotopic (exact) mass is 289 g/mol. The molecule has 4 heteroatoms. The van der Waals surface area contributed by atoms with Crippen molar-refractivity contribution in [2.24, 2.45) is 5.92 Å². The van der Waals surface area contributed by atoms with Crippen LogP contribution in [0.5, 0.6) is 0 Å². The molecule has 2 aromatic rings. The Kier molecular flexibility index (Phi) is 5.62. The fraction of sp³-hybridized carbons (Fsp3) is 0.588. The summed E-state index contributed by atoms with van der Waals surface area (Å²) in [6.07, 6.45) is 5.11. The van der Waals surface area contributed by atoms with Crippen LogP contribution in [0.1, 0.15) is 58.1 Å². The molecule has 2 unspecified atom stereocenters. The average molecular weight is 289 g/mol. The maximum absolute atomic E-state index is 11.3. The fourth-order valence-corrected chi connectivity index (χ4v) is 2.72. The predicted octanol–water partition coefficient (Wildman–Crippen LogP) is 3.72. The number of nitrogens with one attached hydrogen (secondary N) is 3. The largest absolute Gasteiger partial charge is 0.323 e. The quantitative estimate of drug-likeness (QED) is 0.693. The molecule has 0 saturated heterocycles. The first kappa shape index (κ1) is 15.8. The van der Waals surface area contributed by atoms with E-state index in [0.29, 0.717) is 6.04 Å². The van der Waals surface area contributed by atoms with Gasteiger partial charge in [-0.15, -0.1) is 0 Å². The van der Waals surface area contributed by atoms with Crippen LogP contribution in [0.15, 0.2) is 23.0 Å². The van der Waals surface area contributed by atoms with Crippen molar-refractivity contribution in [2.75, 3.05) is 6.54 Å². The van der Waals surface area contributed by atoms with E-state index in [1.165, 1.54) is 31.2 Å². The highest BCUT2D eigenvalue weighted by Crippen LogP contribution is 2.18. The smallest absolute Gasteiger partial charge is 0.310 e. The topological polar surface area (TPSA) is 60.7 Å². The van der Waals surface area contributed by atoms with Gasteiger partial charge in [0.1, 0.15) is 0 Å². The van der Waals surface area contributed by atoms with Crippen molar-refractivity contribution in [3.05, 3.63) is 34.2 Å². The third kappa shape index (κ3) is 4.21. The predicted molar refractivity (Wildman–Crippen MR) is 88.6 cm³/mol. The van der Waals surface area contributed by atoms with Crippen LogP contribution < -0.4 is 11.0 Å². The molecule has 116 valence electrons. The van der Waals surface area contributed by atoms with Gasteiger partial charge in [0.2, 0.25) is 0 Å². The van der Waals surface area contributed by atoms with Gasteiger partial charge in [-0.25, -0.2) is 4.79 Å². The number of aromatic nitrogens is 2. The summed E-state index contributed by atoms with van der Waals surface area (Å²) < 4.78 is 0. The van der Waals surface area contributed by atoms with Crippen LogP contribution in [0.4, 0.5) is 0 Å². The summed E-state index contributed by atoms with van der Waals surface area (Å²) in [5.41, 5.74) is 2.81. The normalized spacial score (nSPS) is 14.4. The van der Waals surface area contributed by atoms with E-state index in [9.17, 15) is 4.79 Å². The second-order valence-corrected chi connectivity index (χ2v) is 5.93. The molecule has 21 heavy (non-hydrogen) atoms. The number of benzene rings is 1. The molecule has 2 rings (SSSR count). The van der Waals surface area contributed by atoms with E-state index in [4.69, 9.17) is 0 Å². The van der Waals surface area contributed by atoms with Crippen LogP contribution in [0.25, 0.3) is 11.0 Å². The molecule has 1 aromatic carbocycles. The molecule has 0 amide bonds. The molecule has 3 N–H and O–H groups in total. The van der Waals surface area contributed by atoms with Gasteiger partial charge in [0.15, 0.2) is 0 Å². The summed E-state index contributed by atoms with van der Waals surface area (Å²) in [5.74, 6) is 0.753. The number of imidazole rings is 1. The molecular weight excluding hydrogens is 262 g/mol. The number of H-pyrrole nitrogens is 2. The minimum absolute atomic E-state index is 0.145. The fourth-order valence-electron chi connectivity index (χ4n) is 2.72. The highest BCUT2D eigenvalue weighted by Gasteiger charge is 2.10. The van der Waals surface area contributed by atoms with Crippen molar-refractivity contribution < 1.29 is 0 Å². The number of fused-ring (bicyclic) bond motifs is 1. The van der Waals surface area contributed by atoms with Gasteiger partial charge >= 0.3 is 5.69 Å². The molecule has 0 bridgehead atoms. The Bertz CT molecular complexity index is 614. The number of hydrogen-bond acceptors (Lipinski definition) is 2. The van der Waals surface area contributed by atoms with Gasteiger partial charge in [-0.2, -0.15) is 0 Å². The van der Waals surface area contributed by atoms with Crippen LogP contribution in [-0.4, -0.2) is 16.5 Å². The van der Waals surface area contributed by atoms with Crippen LogP contribution >= 0.6 is 0 Å². The molecule has 4 nitrogen and oxygen atoms in total. The van der Waals surface area contributed by atoms with Crippen LogP contribution in [-0.2, 0) is 0 Å². The Morgan fingerprint density at radius 3 is 2.67 bits per heavy atom. The molecule has 0 radical (unpaired) electrons. The van der Waals surface area contributed by atoms with Gasteiger partial charge in [-0.3, -0.25) is 0 Å². The highest BCUT2D eigenvalue weighted by molar-refractivity contribution is 5.75. The summed E-state index contributed by atoms with van der Waals surface area (Å²) in [6, 6.07) is 6.40. The molecule has 0 spiro atoms. The van der Waals surface area contributed by atoms with E-state index in [1.54, 1.807) is 0 Å². The second-order valence-electron chi connectivity index (χ2n) is 5.93. The van der Waals surface area contributed by atoms with Crippen LogP contribution in [0, 0.1) is 5.92 Å². The van der Waals surface area contributed by atoms with E-state index in [0.717, 1.165) is 23.5 Å². The van der Waals surface area contributed by atoms with Crippen LogP contribution in [0.2, 0.25) is 0 Å². The van der Waals surface area contributed by atoms with Crippen molar-refractivity contribution in [1.82, 2.24) is 15.3 Å². The van der Waals surface area contributed by atoms with E-state index >= 15 is 0 Å². The van der Waals surface area contributed by atoms with Gasteiger partial charge in [-0.1, -0.05) is 39.2 Å². The zero-order valence-corrected chi connectivity index (χ0v) is 13.3. The lowest BCUT2D eigenvalue weighted by Crippen LogP contribution is -2.25. The first-order chi connectivity index (χ1) is 10.1. The summed E-state index contributed by atoms with van der Waals surface area (Å²) in [5, 5.41) is 3.63. The number of aromatic amines is 2. The Balaban J connectivity index is 1.97. The molecule has 0 aliphatic heterocycles. The van der Waals surface area contributed by atoms with Crippen molar-refractivity contribution in [3.8, 4) is 0 Å². The Morgan fingerprint density at radius 1 is 1.19 bits per heavy atom. The first-order valence-corrected chi connectivity index (χ1v) is 8.09. The number of hydrogen-bond donors (Lipinski definition) is 3. The minimum atomic E-state index is -0.145. The molecule has 1 aromatic heterocycles. The number of unbranched alkanes of at least 4 members (excludes halogenated alkanes) is 1. The lowest BCUT2D eigenvalue weighted by Gasteiger charge is -2.20. The molecular formula is C17H27N3O. The zero-order valence-electron chi connectivity index (χ0n) is 13.3. The second kappa shape index (κ2) is 7.46. The summed E-state index contributed by atoms with van der Waals surface area (Å²) in [6.45, 7) is 7.75. The maximum Gasteiger partial charge on any atom is 0.323 e. The summed E-state index contributed by atoms with van der Waals surface area (Å²) in [4.78, 5) is 16.9. The molecule has 0 aliphatic rings. The highest BCUT2D eigenvalue weighted by atomic mass is 16.1. The third-order valence-corrected chi connectivity index (χ3v) is 4.30. The van der Waals surface area contributed by atoms with Crippen LogP contribution in [0.3, 0.4) is 0 Å². The average Bonchev–Trinajstić information content (AvgIpc) is 2.86. The lowest BCUT2D eigenvalue weighted by molar-refractivity contribution is 0.398. The molecule has 0 saturated carbocycles. The van der Waals surface area contributed by atoms with E-state index in [2.05, 4.69) is 48.2 Å². The van der Waals surface area contributed by atoms with Gasteiger partial charge in [-0.05, 0) is 43.5 Å². The van der Waals surface area contributed by atoms with E-state index < -0.39 is 0 Å². The Labute approximate surface area is 126 Å². The van der Waals surface area contributed by atoms with Gasteiger partial charge in [0.05, 0.1) is 11.0 Å². The summed E-state index contributed by atoms with van der Waals surface area (Å²) in [7, 11) is 0. The lowest BCUT2D eigenvalue weighted by atomic mass is 9.98. The van der Waals surface area contributed by atoms with Gasteiger partial charge in [0.25, 0.3) is 0 Å². The molecule has 0 fully saturated rings. The van der Waals surface area contributed by atoms with Gasteiger partial charge < -0.3 is 15.3 Å². The SMILES string of the molecule is CCCCC(CC)CNC(C)c1ccc2[nH]c(=O)[nH]c2c1. The van der Waals surface area contributed by atoms with E-state index in [1.807, 2.05) is 6.07 Å². The first-order valence-electron chi connectivity index (χ1n) is 8.09. The molecule has 2 atom stereocenters. The van der Waals surface area contributed by atoms with Crippen molar-refractivity contribution in [2.45, 2.75) is 52.5 Å². The molecule has 0 aliphatic carbocycles. The third-order valence-electron chi connectivity index (χ3n) is 4.30.